The Morgan fingerprint density at radius 2 is 1.80 bits per heavy atom. The molecule has 1 unspecified atom stereocenters. The number of halogens is 1. The average molecular weight is 624 g/mol. The van der Waals surface area contributed by atoms with Crippen molar-refractivity contribution in [2.24, 2.45) is 0 Å². The van der Waals surface area contributed by atoms with Gasteiger partial charge in [0.2, 0.25) is 10.0 Å². The van der Waals surface area contributed by atoms with Crippen LogP contribution in [0.1, 0.15) is 55.8 Å². The molecule has 0 aliphatic carbocycles. The number of aliphatic hydroxyl groups is 1. The van der Waals surface area contributed by atoms with E-state index >= 15 is 0 Å². The van der Waals surface area contributed by atoms with Gasteiger partial charge in [-0.15, -0.1) is 0 Å². The van der Waals surface area contributed by atoms with Crippen molar-refractivity contribution >= 4 is 31.7 Å². The average Bonchev–Trinajstić information content (AvgIpc) is 2.93. The Morgan fingerprint density at radius 3 is 2.51 bits per heavy atom. The van der Waals surface area contributed by atoms with Crippen LogP contribution in [0.5, 0.6) is 0 Å². The van der Waals surface area contributed by atoms with Gasteiger partial charge in [0, 0.05) is 36.5 Å². The highest BCUT2D eigenvalue weighted by Crippen LogP contribution is 2.34. The van der Waals surface area contributed by atoms with Crippen LogP contribution in [-0.2, 0) is 26.6 Å². The first-order valence-electron chi connectivity index (χ1n) is 13.5. The zero-order valence-electron chi connectivity index (χ0n) is 23.5. The van der Waals surface area contributed by atoms with Gasteiger partial charge >= 0.3 is 0 Å². The zero-order chi connectivity index (χ0) is 30.2. The Bertz CT molecular complexity index is 1530. The lowest BCUT2D eigenvalue weighted by molar-refractivity contribution is 0.126. The third-order valence-electron chi connectivity index (χ3n) is 7.05. The molecule has 9 nitrogen and oxygen atoms in total. The van der Waals surface area contributed by atoms with Gasteiger partial charge in [-0.05, 0) is 91.6 Å². The van der Waals surface area contributed by atoms with E-state index in [1.165, 1.54) is 4.31 Å². The molecule has 224 valence electrons. The molecule has 3 rings (SSSR count). The molecule has 12 heteroatoms. The Hall–Kier alpha value is -2.38. The molecule has 0 aliphatic rings. The number of nitrogens with zero attached hydrogens (tertiary/aromatic N) is 2. The van der Waals surface area contributed by atoms with Crippen LogP contribution in [-0.4, -0.2) is 60.9 Å². The van der Waals surface area contributed by atoms with Gasteiger partial charge in [0.25, 0.3) is 10.1 Å². The zero-order valence-corrected chi connectivity index (χ0v) is 25.9. The first-order valence-corrected chi connectivity index (χ1v) is 16.9. The van der Waals surface area contributed by atoms with Crippen LogP contribution in [0.25, 0.3) is 11.1 Å². The van der Waals surface area contributed by atoms with E-state index in [9.17, 15) is 21.9 Å². The van der Waals surface area contributed by atoms with Crippen molar-refractivity contribution in [3.63, 3.8) is 0 Å². The summed E-state index contributed by atoms with van der Waals surface area (Å²) in [5.41, 5.74) is 4.43. The molecule has 0 radical (unpaired) electrons. The van der Waals surface area contributed by atoms with Crippen LogP contribution in [0.2, 0.25) is 5.02 Å². The first kappa shape index (κ1) is 33.1. The molecule has 0 spiro atoms. The number of aromatic nitrogens is 1. The normalized spacial score (nSPS) is 13.8. The van der Waals surface area contributed by atoms with Crippen LogP contribution < -0.4 is 5.32 Å². The van der Waals surface area contributed by atoms with Crippen molar-refractivity contribution in [3.8, 4) is 11.1 Å². The number of hydrogen-bond donors (Lipinski definition) is 3. The molecule has 2 atom stereocenters. The van der Waals surface area contributed by atoms with E-state index in [1.54, 1.807) is 31.3 Å². The lowest BCUT2D eigenvalue weighted by atomic mass is 9.97. The van der Waals surface area contributed by atoms with E-state index < -0.39 is 38.2 Å². The van der Waals surface area contributed by atoms with Crippen molar-refractivity contribution in [2.45, 2.75) is 63.6 Å². The fraction of sp³-hybridized carbons (Fsp3) is 0.414. The first-order chi connectivity index (χ1) is 19.3. The molecule has 3 N–H and O–H groups in total. The minimum absolute atomic E-state index is 0.0981. The monoisotopic (exact) mass is 623 g/mol. The van der Waals surface area contributed by atoms with Gasteiger partial charge in [-0.2, -0.15) is 12.7 Å². The summed E-state index contributed by atoms with van der Waals surface area (Å²) in [7, 11) is -8.08. The lowest BCUT2D eigenvalue weighted by Gasteiger charge is -2.30. The largest absolute Gasteiger partial charge is 0.379 e. The van der Waals surface area contributed by atoms with Crippen molar-refractivity contribution < 1.29 is 26.5 Å². The number of rotatable bonds is 15. The Balaban J connectivity index is 1.86. The van der Waals surface area contributed by atoms with E-state index in [-0.39, 0.29) is 24.4 Å². The molecule has 3 aromatic rings. The van der Waals surface area contributed by atoms with Crippen molar-refractivity contribution in [1.29, 1.82) is 0 Å². The molecule has 0 fully saturated rings. The van der Waals surface area contributed by atoms with Crippen LogP contribution in [0.3, 0.4) is 0 Å². The van der Waals surface area contributed by atoms with Gasteiger partial charge in [0.05, 0.1) is 10.6 Å². The smallest absolute Gasteiger partial charge is 0.266 e. The lowest BCUT2D eigenvalue weighted by Crippen LogP contribution is -2.35. The highest BCUT2D eigenvalue weighted by molar-refractivity contribution is 7.89. The van der Waals surface area contributed by atoms with Crippen LogP contribution in [0.4, 0.5) is 0 Å². The van der Waals surface area contributed by atoms with Crippen LogP contribution >= 0.6 is 11.6 Å². The second kappa shape index (κ2) is 14.7. The van der Waals surface area contributed by atoms with Gasteiger partial charge < -0.3 is 5.11 Å². The molecule has 0 amide bonds. The summed E-state index contributed by atoms with van der Waals surface area (Å²) < 4.78 is 60.2. The number of nitrogens with one attached hydrogen (secondary N) is 1. The molecule has 41 heavy (non-hydrogen) atoms. The molecule has 1 aromatic heterocycles. The minimum atomic E-state index is -4.13. The van der Waals surface area contributed by atoms with Crippen molar-refractivity contribution in [1.82, 2.24) is 14.6 Å². The number of aliphatic hydroxyl groups excluding tert-OH is 1. The van der Waals surface area contributed by atoms with E-state index in [0.717, 1.165) is 28.7 Å². The number of unbranched alkanes of at least 4 members (excludes halogenated alkanes) is 1. The van der Waals surface area contributed by atoms with Crippen molar-refractivity contribution in [3.05, 3.63) is 82.6 Å². The number of sulfonamides is 1. The summed E-state index contributed by atoms with van der Waals surface area (Å²) in [5, 5.41) is 13.2. The van der Waals surface area contributed by atoms with Crippen molar-refractivity contribution in [2.75, 3.05) is 18.8 Å². The number of benzene rings is 2. The molecule has 0 saturated heterocycles. The molecule has 2 aromatic carbocycles. The highest BCUT2D eigenvalue weighted by atomic mass is 35.5. The summed E-state index contributed by atoms with van der Waals surface area (Å²) in [4.78, 5) is 4.37. The number of hydrogen-bond acceptors (Lipinski definition) is 7. The van der Waals surface area contributed by atoms with Crippen LogP contribution in [0, 0.1) is 6.92 Å². The molecule has 1 heterocycles. The van der Waals surface area contributed by atoms with E-state index in [1.807, 2.05) is 43.5 Å². The summed E-state index contributed by atoms with van der Waals surface area (Å²) in [6, 6.07) is 14.1. The SMILES string of the molecule is CCc1cnccc1-c1cccc([C@H](C)N(CCCCC(O)NCCS(=O)(=O)O)S(=O)(=O)c2cccc(Cl)c2C)c1. The van der Waals surface area contributed by atoms with E-state index in [2.05, 4.69) is 17.2 Å². The molecular weight excluding hydrogens is 586 g/mol. The topological polar surface area (TPSA) is 137 Å². The third-order valence-corrected chi connectivity index (χ3v) is 10.3. The Morgan fingerprint density at radius 1 is 1.07 bits per heavy atom. The summed E-state index contributed by atoms with van der Waals surface area (Å²) >= 11 is 6.29. The predicted molar refractivity (Wildman–Crippen MR) is 162 cm³/mol. The van der Waals surface area contributed by atoms with Gasteiger partial charge in [-0.3, -0.25) is 14.9 Å². The number of pyridine rings is 1. The van der Waals surface area contributed by atoms with Gasteiger partial charge in [0.15, 0.2) is 0 Å². The Labute approximate surface area is 248 Å². The quantitative estimate of drug-likeness (QED) is 0.122. The molecule has 0 bridgehead atoms. The second-order valence-electron chi connectivity index (χ2n) is 9.92. The predicted octanol–water partition coefficient (Wildman–Crippen LogP) is 4.99. The maximum Gasteiger partial charge on any atom is 0.266 e. The maximum absolute atomic E-state index is 14.1. The Kier molecular flexibility index (Phi) is 11.9. The van der Waals surface area contributed by atoms with Gasteiger partial charge in [-0.25, -0.2) is 8.42 Å². The molecular formula is C29H38ClN3O6S2. The standard InChI is InChI=1S/C29H38ClN3O6S2/c1-4-23-20-31-15-14-26(23)25-10-7-9-24(19-25)22(3)33(41(38,39)28-12-8-11-27(30)21(28)2)17-6-5-13-29(34)32-16-18-40(35,36)37/h7-12,14-15,19-20,22,29,32,34H,4-6,13,16-18H2,1-3H3,(H,35,36,37)/t22-,29?/m0/s1. The fourth-order valence-corrected chi connectivity index (χ4v) is 7.21. The minimum Gasteiger partial charge on any atom is -0.379 e. The third kappa shape index (κ3) is 9.05. The summed E-state index contributed by atoms with van der Waals surface area (Å²) in [6.07, 6.45) is 4.62. The van der Waals surface area contributed by atoms with E-state index in [0.29, 0.717) is 23.4 Å². The molecule has 0 saturated carbocycles. The highest BCUT2D eigenvalue weighted by Gasteiger charge is 2.31. The second-order valence-corrected chi connectivity index (χ2v) is 13.8. The molecule has 0 aliphatic heterocycles. The summed E-state index contributed by atoms with van der Waals surface area (Å²) in [5.74, 6) is -0.509. The van der Waals surface area contributed by atoms with Crippen LogP contribution in [0.15, 0.2) is 65.8 Å². The van der Waals surface area contributed by atoms with E-state index in [4.69, 9.17) is 16.2 Å². The van der Waals surface area contributed by atoms with Gasteiger partial charge in [0.1, 0.15) is 6.23 Å². The maximum atomic E-state index is 14.1. The number of aryl methyl sites for hydroxylation is 1. The summed E-state index contributed by atoms with van der Waals surface area (Å²) in [6.45, 7) is 5.69. The fourth-order valence-electron chi connectivity index (χ4n) is 4.70. The van der Waals surface area contributed by atoms with Gasteiger partial charge in [-0.1, -0.05) is 42.8 Å².